The van der Waals surface area contributed by atoms with Gasteiger partial charge in [0, 0.05) is 12.2 Å². The van der Waals surface area contributed by atoms with Crippen molar-refractivity contribution in [1.29, 1.82) is 0 Å². The molecule has 25 heavy (non-hydrogen) atoms. The number of rotatable bonds is 7. The van der Waals surface area contributed by atoms with Crippen LogP contribution in [0.15, 0.2) is 42.5 Å². The lowest BCUT2D eigenvalue weighted by atomic mass is 10.1. The number of benzene rings is 2. The highest BCUT2D eigenvalue weighted by atomic mass is 16.5. The van der Waals surface area contributed by atoms with Crippen molar-refractivity contribution in [3.05, 3.63) is 64.7 Å². The Morgan fingerprint density at radius 1 is 1.04 bits per heavy atom. The summed E-state index contributed by atoms with van der Waals surface area (Å²) in [7, 11) is 0. The maximum atomic E-state index is 12.2. The van der Waals surface area contributed by atoms with Gasteiger partial charge in [-0.3, -0.25) is 0 Å². The Hall–Kier alpha value is -2.37. The van der Waals surface area contributed by atoms with E-state index in [0.717, 1.165) is 27.9 Å². The number of nitrogens with one attached hydrogen (secondary N) is 2. The number of urea groups is 1. The molecule has 0 aromatic heterocycles. The zero-order valence-electron chi connectivity index (χ0n) is 15.0. The van der Waals surface area contributed by atoms with Gasteiger partial charge in [-0.2, -0.15) is 0 Å². The van der Waals surface area contributed by atoms with Crippen LogP contribution >= 0.6 is 0 Å². The third kappa shape index (κ3) is 6.21. The molecule has 0 aliphatic carbocycles. The molecule has 0 aliphatic heterocycles. The fraction of sp³-hybridized carbons (Fsp3) is 0.350. The first-order valence-corrected chi connectivity index (χ1v) is 8.40. The summed E-state index contributed by atoms with van der Waals surface area (Å²) in [4.78, 5) is 12.2. The van der Waals surface area contributed by atoms with Crippen LogP contribution < -0.4 is 10.6 Å². The SMILES string of the molecule is Cc1ccc(C(CNC(=O)Nc2cc(C)cc(C)c2)OCCO)cc1. The first kappa shape index (κ1) is 19.0. The molecule has 3 N–H and O–H groups in total. The summed E-state index contributed by atoms with van der Waals surface area (Å²) in [5.74, 6) is 0. The number of aliphatic hydroxyl groups is 1. The highest BCUT2D eigenvalue weighted by Gasteiger charge is 2.13. The van der Waals surface area contributed by atoms with Crippen LogP contribution in [0.2, 0.25) is 0 Å². The second-order valence-corrected chi connectivity index (χ2v) is 6.21. The predicted octanol–water partition coefficient (Wildman–Crippen LogP) is 3.48. The normalized spacial score (nSPS) is 11.8. The zero-order valence-corrected chi connectivity index (χ0v) is 15.0. The Morgan fingerprint density at radius 3 is 2.28 bits per heavy atom. The molecule has 2 aromatic rings. The number of amides is 2. The number of ether oxygens (including phenoxy) is 1. The maximum absolute atomic E-state index is 12.2. The largest absolute Gasteiger partial charge is 0.394 e. The van der Waals surface area contributed by atoms with Crippen molar-refractivity contribution >= 4 is 11.7 Å². The Kier molecular flexibility index (Phi) is 6.98. The van der Waals surface area contributed by atoms with E-state index >= 15 is 0 Å². The van der Waals surface area contributed by atoms with Crippen LogP contribution in [0.3, 0.4) is 0 Å². The van der Waals surface area contributed by atoms with Gasteiger partial charge in [-0.15, -0.1) is 0 Å². The molecule has 0 radical (unpaired) electrons. The van der Waals surface area contributed by atoms with Gasteiger partial charge in [0.2, 0.25) is 0 Å². The van der Waals surface area contributed by atoms with Crippen LogP contribution in [0, 0.1) is 20.8 Å². The minimum Gasteiger partial charge on any atom is -0.394 e. The van der Waals surface area contributed by atoms with Crippen LogP contribution in [0.1, 0.15) is 28.4 Å². The van der Waals surface area contributed by atoms with Crippen LogP contribution in [-0.2, 0) is 4.74 Å². The molecule has 0 saturated heterocycles. The average molecular weight is 342 g/mol. The number of aryl methyl sites for hydroxylation is 3. The lowest BCUT2D eigenvalue weighted by molar-refractivity contribution is 0.0297. The summed E-state index contributed by atoms with van der Waals surface area (Å²) in [6, 6.07) is 13.6. The number of carbonyl (C=O) groups excluding carboxylic acids is 1. The molecule has 0 aliphatic rings. The first-order chi connectivity index (χ1) is 12.0. The predicted molar refractivity (Wildman–Crippen MR) is 99.9 cm³/mol. The Bertz CT molecular complexity index is 678. The van der Waals surface area contributed by atoms with Gasteiger partial charge in [-0.1, -0.05) is 35.9 Å². The van der Waals surface area contributed by atoms with Crippen LogP contribution in [-0.4, -0.2) is 30.9 Å². The molecule has 5 nitrogen and oxygen atoms in total. The summed E-state index contributed by atoms with van der Waals surface area (Å²) in [5, 5.41) is 14.7. The smallest absolute Gasteiger partial charge is 0.319 e. The van der Waals surface area contributed by atoms with E-state index in [1.165, 1.54) is 0 Å². The monoisotopic (exact) mass is 342 g/mol. The molecule has 0 heterocycles. The summed E-state index contributed by atoms with van der Waals surface area (Å²) < 4.78 is 5.66. The fourth-order valence-corrected chi connectivity index (χ4v) is 2.66. The van der Waals surface area contributed by atoms with Crippen molar-refractivity contribution in [2.75, 3.05) is 25.1 Å². The molecular formula is C20H26N2O3. The molecule has 2 amide bonds. The van der Waals surface area contributed by atoms with Crippen LogP contribution in [0.4, 0.5) is 10.5 Å². The molecule has 2 aromatic carbocycles. The average Bonchev–Trinajstić information content (AvgIpc) is 2.55. The van der Waals surface area contributed by atoms with Crippen molar-refractivity contribution in [3.8, 4) is 0 Å². The molecule has 2 rings (SSSR count). The van der Waals surface area contributed by atoms with E-state index in [0.29, 0.717) is 6.54 Å². The van der Waals surface area contributed by atoms with E-state index in [9.17, 15) is 4.79 Å². The van der Waals surface area contributed by atoms with Crippen molar-refractivity contribution in [2.24, 2.45) is 0 Å². The minimum absolute atomic E-state index is 0.0584. The van der Waals surface area contributed by atoms with Crippen LogP contribution in [0.5, 0.6) is 0 Å². The van der Waals surface area contributed by atoms with Crippen molar-refractivity contribution in [2.45, 2.75) is 26.9 Å². The zero-order chi connectivity index (χ0) is 18.2. The summed E-state index contributed by atoms with van der Waals surface area (Å²) >= 11 is 0. The molecule has 0 bridgehead atoms. The van der Waals surface area contributed by atoms with E-state index in [2.05, 4.69) is 16.7 Å². The van der Waals surface area contributed by atoms with Gasteiger partial charge in [-0.25, -0.2) is 4.79 Å². The molecular weight excluding hydrogens is 316 g/mol. The number of hydrogen-bond acceptors (Lipinski definition) is 3. The topological polar surface area (TPSA) is 70.6 Å². The maximum Gasteiger partial charge on any atom is 0.319 e. The quantitative estimate of drug-likeness (QED) is 0.721. The Morgan fingerprint density at radius 2 is 1.68 bits per heavy atom. The lowest BCUT2D eigenvalue weighted by Gasteiger charge is -2.19. The summed E-state index contributed by atoms with van der Waals surface area (Å²) in [6.45, 7) is 6.48. The van der Waals surface area contributed by atoms with Crippen molar-refractivity contribution in [3.63, 3.8) is 0 Å². The van der Waals surface area contributed by atoms with Crippen molar-refractivity contribution < 1.29 is 14.6 Å². The minimum atomic E-state index is -0.308. The molecule has 1 unspecified atom stereocenters. The van der Waals surface area contributed by atoms with E-state index in [1.54, 1.807) is 0 Å². The first-order valence-electron chi connectivity index (χ1n) is 8.40. The summed E-state index contributed by atoms with van der Waals surface area (Å²) in [5.41, 5.74) is 5.08. The van der Waals surface area contributed by atoms with E-state index in [-0.39, 0.29) is 25.3 Å². The van der Waals surface area contributed by atoms with Gasteiger partial charge >= 0.3 is 6.03 Å². The second-order valence-electron chi connectivity index (χ2n) is 6.21. The number of carbonyl (C=O) groups is 1. The second kappa shape index (κ2) is 9.20. The highest BCUT2D eigenvalue weighted by molar-refractivity contribution is 5.89. The van der Waals surface area contributed by atoms with Gasteiger partial charge in [-0.05, 0) is 49.6 Å². The van der Waals surface area contributed by atoms with E-state index in [1.807, 2.05) is 57.2 Å². The van der Waals surface area contributed by atoms with Gasteiger partial charge < -0.3 is 20.5 Å². The van der Waals surface area contributed by atoms with E-state index < -0.39 is 0 Å². The van der Waals surface area contributed by atoms with Crippen LogP contribution in [0.25, 0.3) is 0 Å². The molecule has 0 spiro atoms. The molecule has 0 saturated carbocycles. The third-order valence-corrected chi connectivity index (χ3v) is 3.79. The standard InChI is InChI=1S/C20H26N2O3/c1-14-4-6-17(7-5-14)19(25-9-8-23)13-21-20(24)22-18-11-15(2)10-16(3)12-18/h4-7,10-12,19,23H,8-9,13H2,1-3H3,(H2,21,22,24). The molecule has 134 valence electrons. The Labute approximate surface area is 149 Å². The third-order valence-electron chi connectivity index (χ3n) is 3.79. The molecule has 5 heteroatoms. The van der Waals surface area contributed by atoms with Gasteiger partial charge in [0.1, 0.15) is 0 Å². The summed E-state index contributed by atoms with van der Waals surface area (Å²) in [6.07, 6.45) is -0.308. The molecule has 1 atom stereocenters. The highest BCUT2D eigenvalue weighted by Crippen LogP contribution is 2.18. The van der Waals surface area contributed by atoms with Gasteiger partial charge in [0.15, 0.2) is 0 Å². The van der Waals surface area contributed by atoms with Gasteiger partial charge in [0.05, 0.1) is 19.3 Å². The lowest BCUT2D eigenvalue weighted by Crippen LogP contribution is -2.33. The Balaban J connectivity index is 1.96. The number of anilines is 1. The van der Waals surface area contributed by atoms with E-state index in [4.69, 9.17) is 9.84 Å². The number of aliphatic hydroxyl groups excluding tert-OH is 1. The number of hydrogen-bond donors (Lipinski definition) is 3. The van der Waals surface area contributed by atoms with Gasteiger partial charge in [0.25, 0.3) is 0 Å². The fourth-order valence-electron chi connectivity index (χ4n) is 2.66. The van der Waals surface area contributed by atoms with Crippen molar-refractivity contribution in [1.82, 2.24) is 5.32 Å². The molecule has 0 fully saturated rings.